The number of aromatic nitrogens is 2. The van der Waals surface area contributed by atoms with Gasteiger partial charge >= 0.3 is 5.97 Å². The minimum Gasteiger partial charge on any atom is -0.475 e. The molecule has 1 N–H and O–H groups in total. The summed E-state index contributed by atoms with van der Waals surface area (Å²) in [6.45, 7) is 3.96. The van der Waals surface area contributed by atoms with Crippen molar-refractivity contribution in [2.45, 2.75) is 26.8 Å². The second-order valence-electron chi connectivity index (χ2n) is 4.91. The summed E-state index contributed by atoms with van der Waals surface area (Å²) in [7, 11) is 0. The second kappa shape index (κ2) is 5.42. The van der Waals surface area contributed by atoms with Crippen LogP contribution in [0.15, 0.2) is 27.4 Å². The molecule has 7 heteroatoms. The lowest BCUT2D eigenvalue weighted by atomic mass is 10.3. The van der Waals surface area contributed by atoms with Gasteiger partial charge in [-0.05, 0) is 31.5 Å². The van der Waals surface area contributed by atoms with Crippen LogP contribution in [0.3, 0.4) is 0 Å². The molecule has 3 rings (SSSR count). The highest BCUT2D eigenvalue weighted by Gasteiger charge is 2.14. The van der Waals surface area contributed by atoms with Crippen molar-refractivity contribution >= 4 is 27.5 Å². The molecule has 0 unspecified atom stereocenters. The molecule has 0 atom stereocenters. The van der Waals surface area contributed by atoms with E-state index in [1.165, 1.54) is 22.0 Å². The molecule has 114 valence electrons. The van der Waals surface area contributed by atoms with Crippen LogP contribution in [0.25, 0.3) is 10.2 Å². The minimum atomic E-state index is -1.13. The van der Waals surface area contributed by atoms with Crippen molar-refractivity contribution in [2.75, 3.05) is 0 Å². The summed E-state index contributed by atoms with van der Waals surface area (Å²) in [6, 6.07) is 4.81. The first-order valence-corrected chi connectivity index (χ1v) is 7.63. The number of hydrogen-bond acceptors (Lipinski definition) is 5. The predicted molar refractivity (Wildman–Crippen MR) is 82.8 cm³/mol. The number of nitrogens with zero attached hydrogens (tertiary/aromatic N) is 2. The molecule has 0 saturated carbocycles. The van der Waals surface area contributed by atoms with E-state index < -0.39 is 5.97 Å². The molecule has 0 aromatic carbocycles. The second-order valence-corrected chi connectivity index (χ2v) is 6.02. The molecule has 0 aliphatic carbocycles. The minimum absolute atomic E-state index is 0.133. The van der Waals surface area contributed by atoms with E-state index in [1.807, 2.05) is 13.0 Å². The summed E-state index contributed by atoms with van der Waals surface area (Å²) in [6.07, 6.45) is 0.861. The summed E-state index contributed by atoms with van der Waals surface area (Å²) in [4.78, 5) is 29.8. The molecule has 0 bridgehead atoms. The van der Waals surface area contributed by atoms with Crippen molar-refractivity contribution in [3.05, 3.63) is 50.8 Å². The lowest BCUT2D eigenvalue weighted by molar-refractivity contribution is 0.0660. The number of thiophene rings is 1. The van der Waals surface area contributed by atoms with Crippen molar-refractivity contribution in [3.8, 4) is 0 Å². The van der Waals surface area contributed by atoms with E-state index in [1.54, 1.807) is 13.0 Å². The maximum atomic E-state index is 12.6. The highest BCUT2D eigenvalue weighted by Crippen LogP contribution is 2.22. The number of aryl methyl sites for hydroxylation is 2. The van der Waals surface area contributed by atoms with Crippen LogP contribution in [-0.4, -0.2) is 20.6 Å². The Morgan fingerprint density at radius 3 is 2.86 bits per heavy atom. The van der Waals surface area contributed by atoms with Crippen molar-refractivity contribution in [1.82, 2.24) is 9.55 Å². The Bertz CT molecular complexity index is 919. The molecule has 0 aliphatic rings. The Balaban J connectivity index is 2.05. The zero-order valence-electron chi connectivity index (χ0n) is 12.1. The Hall–Kier alpha value is -2.41. The number of carboxylic acids is 1. The Morgan fingerprint density at radius 1 is 1.45 bits per heavy atom. The van der Waals surface area contributed by atoms with Crippen molar-refractivity contribution in [2.24, 2.45) is 0 Å². The number of fused-ring (bicyclic) bond motifs is 1. The summed E-state index contributed by atoms with van der Waals surface area (Å²) >= 11 is 1.52. The SMILES string of the molecule is CCc1cc2c(=O)n(Cc3ccc(C(=O)O)o3)c(C)nc2s1. The molecule has 0 radical (unpaired) electrons. The lowest BCUT2D eigenvalue weighted by Gasteiger charge is -2.07. The molecule has 3 aromatic heterocycles. The van der Waals surface area contributed by atoms with E-state index in [2.05, 4.69) is 4.98 Å². The zero-order chi connectivity index (χ0) is 15.9. The first-order chi connectivity index (χ1) is 10.5. The van der Waals surface area contributed by atoms with Gasteiger partial charge in [-0.15, -0.1) is 11.3 Å². The van der Waals surface area contributed by atoms with Crippen molar-refractivity contribution in [1.29, 1.82) is 0 Å². The number of aromatic carboxylic acids is 1. The van der Waals surface area contributed by atoms with Crippen molar-refractivity contribution < 1.29 is 14.3 Å². The van der Waals surface area contributed by atoms with Gasteiger partial charge < -0.3 is 9.52 Å². The number of carbonyl (C=O) groups is 1. The van der Waals surface area contributed by atoms with Crippen LogP contribution in [0.1, 0.15) is 33.9 Å². The van der Waals surface area contributed by atoms with E-state index in [9.17, 15) is 9.59 Å². The van der Waals surface area contributed by atoms with E-state index in [4.69, 9.17) is 9.52 Å². The fraction of sp³-hybridized carbons (Fsp3) is 0.267. The Labute approximate surface area is 129 Å². The number of carboxylic acid groups (broad SMARTS) is 1. The van der Waals surface area contributed by atoms with E-state index >= 15 is 0 Å². The smallest absolute Gasteiger partial charge is 0.371 e. The normalized spacial score (nSPS) is 11.2. The largest absolute Gasteiger partial charge is 0.475 e. The highest BCUT2D eigenvalue weighted by molar-refractivity contribution is 7.18. The quantitative estimate of drug-likeness (QED) is 0.799. The van der Waals surface area contributed by atoms with Gasteiger partial charge in [-0.2, -0.15) is 0 Å². The highest BCUT2D eigenvalue weighted by atomic mass is 32.1. The first kappa shape index (κ1) is 14.5. The first-order valence-electron chi connectivity index (χ1n) is 6.81. The summed E-state index contributed by atoms with van der Waals surface area (Å²) in [5, 5.41) is 9.47. The molecule has 0 amide bonds. The monoisotopic (exact) mass is 318 g/mol. The van der Waals surface area contributed by atoms with Crippen LogP contribution in [0.5, 0.6) is 0 Å². The molecule has 3 heterocycles. The van der Waals surface area contributed by atoms with Crippen LogP contribution in [-0.2, 0) is 13.0 Å². The topological polar surface area (TPSA) is 85.3 Å². The molecule has 0 fully saturated rings. The summed E-state index contributed by atoms with van der Waals surface area (Å²) in [5.74, 6) is -0.280. The van der Waals surface area contributed by atoms with Gasteiger partial charge in [0, 0.05) is 4.88 Å². The standard InChI is InChI=1S/C15H14N2O4S/c1-3-10-6-11-13(22-10)16-8(2)17(14(11)18)7-9-4-5-12(21-9)15(19)20/h4-6H,3,7H2,1-2H3,(H,19,20). The van der Waals surface area contributed by atoms with Crippen LogP contribution in [0, 0.1) is 6.92 Å². The van der Waals surface area contributed by atoms with Gasteiger partial charge in [0.05, 0.1) is 11.9 Å². The van der Waals surface area contributed by atoms with Crippen molar-refractivity contribution in [3.63, 3.8) is 0 Å². The molecule has 0 aliphatic heterocycles. The van der Waals surface area contributed by atoms with Crippen LogP contribution < -0.4 is 5.56 Å². The third-order valence-corrected chi connectivity index (χ3v) is 4.60. The summed E-state index contributed by atoms with van der Waals surface area (Å²) < 4.78 is 6.71. The molecule has 6 nitrogen and oxygen atoms in total. The van der Waals surface area contributed by atoms with Gasteiger partial charge in [-0.25, -0.2) is 9.78 Å². The van der Waals surface area contributed by atoms with Gasteiger partial charge in [0.2, 0.25) is 5.76 Å². The van der Waals surface area contributed by atoms with Gasteiger partial charge in [-0.3, -0.25) is 9.36 Å². The van der Waals surface area contributed by atoms with E-state index in [-0.39, 0.29) is 17.9 Å². The molecule has 0 saturated heterocycles. The molecule has 3 aromatic rings. The van der Waals surface area contributed by atoms with Gasteiger partial charge in [0.1, 0.15) is 16.4 Å². The molecule has 0 spiro atoms. The number of furan rings is 1. The predicted octanol–water partition coefficient (Wildman–Crippen LogP) is 2.67. The van der Waals surface area contributed by atoms with Gasteiger partial charge in [0.25, 0.3) is 5.56 Å². The van der Waals surface area contributed by atoms with Crippen LogP contribution in [0.2, 0.25) is 0 Å². The van der Waals surface area contributed by atoms with E-state index in [0.717, 1.165) is 16.1 Å². The van der Waals surface area contributed by atoms with E-state index in [0.29, 0.717) is 17.0 Å². The Kier molecular flexibility index (Phi) is 3.58. The fourth-order valence-electron chi connectivity index (χ4n) is 2.26. The number of rotatable bonds is 4. The summed E-state index contributed by atoms with van der Waals surface area (Å²) in [5.41, 5.74) is -0.133. The maximum absolute atomic E-state index is 12.6. The third-order valence-electron chi connectivity index (χ3n) is 3.43. The fourth-order valence-corrected chi connectivity index (χ4v) is 3.26. The molecular weight excluding hydrogens is 304 g/mol. The molecular formula is C15H14N2O4S. The maximum Gasteiger partial charge on any atom is 0.371 e. The zero-order valence-corrected chi connectivity index (χ0v) is 12.9. The molecule has 22 heavy (non-hydrogen) atoms. The average Bonchev–Trinajstić information content (AvgIpc) is 3.09. The Morgan fingerprint density at radius 2 is 2.23 bits per heavy atom. The average molecular weight is 318 g/mol. The van der Waals surface area contributed by atoms with Gasteiger partial charge in [-0.1, -0.05) is 6.92 Å². The van der Waals surface area contributed by atoms with Crippen LogP contribution in [0.4, 0.5) is 0 Å². The van der Waals surface area contributed by atoms with Gasteiger partial charge in [0.15, 0.2) is 0 Å². The lowest BCUT2D eigenvalue weighted by Crippen LogP contribution is -2.23. The number of hydrogen-bond donors (Lipinski definition) is 1. The third kappa shape index (κ3) is 2.43. The van der Waals surface area contributed by atoms with Crippen LogP contribution >= 0.6 is 11.3 Å².